The van der Waals surface area contributed by atoms with Crippen LogP contribution in [0.3, 0.4) is 0 Å². The molecule has 2 fully saturated rings. The predicted octanol–water partition coefficient (Wildman–Crippen LogP) is 6.54. The largest absolute Gasteiger partial charge is 0.550 e. The molecule has 0 aliphatic heterocycles. The average molecular weight is 517 g/mol. The van der Waals surface area contributed by atoms with Gasteiger partial charge < -0.3 is 24.9 Å². The van der Waals surface area contributed by atoms with Crippen molar-refractivity contribution in [1.82, 2.24) is 0 Å². The molecule has 3 rings (SSSR count). The molecule has 0 amide bonds. The second-order valence-corrected chi connectivity index (χ2v) is 12.7. The molecule has 2 atom stereocenters. The van der Waals surface area contributed by atoms with E-state index in [4.69, 9.17) is 0 Å². The number of carbonyl (C=O) groups excluding carboxylic acids is 2. The van der Waals surface area contributed by atoms with Gasteiger partial charge in [0.2, 0.25) is 0 Å². The third-order valence-electron chi connectivity index (χ3n) is 10.0. The molecule has 2 unspecified atom stereocenters. The number of carbonyl (C=O) groups is 2. The second kappa shape index (κ2) is 15.2. The van der Waals surface area contributed by atoms with Crippen LogP contribution < -0.4 is 10.2 Å². The van der Waals surface area contributed by atoms with Gasteiger partial charge in [0, 0.05) is 23.2 Å². The van der Waals surface area contributed by atoms with Crippen LogP contribution in [0.25, 0.3) is 0 Å². The molecule has 0 aromatic heterocycles. The van der Waals surface area contributed by atoms with Crippen LogP contribution in [0.5, 0.6) is 0 Å². The lowest BCUT2D eigenvalue weighted by atomic mass is 9.53. The zero-order chi connectivity index (χ0) is 26.6. The Balaban J connectivity index is 1.92. The van der Waals surface area contributed by atoms with Crippen LogP contribution in [-0.2, 0) is 9.59 Å². The van der Waals surface area contributed by atoms with Crippen LogP contribution in [0.1, 0.15) is 154 Å². The van der Waals surface area contributed by atoms with Gasteiger partial charge in [-0.15, -0.1) is 0 Å². The van der Waals surface area contributed by atoms with Crippen LogP contribution in [0.4, 0.5) is 0 Å². The maximum absolute atomic E-state index is 13.0. The van der Waals surface area contributed by atoms with Gasteiger partial charge in [-0.25, -0.2) is 0 Å². The van der Waals surface area contributed by atoms with E-state index >= 15 is 0 Å². The van der Waals surface area contributed by atoms with Gasteiger partial charge >= 0.3 is 0 Å². The zero-order valence-electron chi connectivity index (χ0n) is 23.3. The van der Waals surface area contributed by atoms with Crippen molar-refractivity contribution in [2.45, 2.75) is 154 Å². The highest BCUT2D eigenvalue weighted by atomic mass is 16.4. The Hall–Kier alpha value is -1.52. The van der Waals surface area contributed by atoms with E-state index in [1.54, 1.807) is 0 Å². The summed E-state index contributed by atoms with van der Waals surface area (Å²) in [6, 6.07) is 0. The summed E-state index contributed by atoms with van der Waals surface area (Å²) in [5.74, 6) is -2.88. The first-order valence-electron chi connectivity index (χ1n) is 15.7. The summed E-state index contributed by atoms with van der Waals surface area (Å²) in [6.45, 7) is 0. The minimum Gasteiger partial charge on any atom is -0.550 e. The van der Waals surface area contributed by atoms with Gasteiger partial charge in [0.15, 0.2) is 0 Å². The molecule has 0 aromatic rings. The van der Waals surface area contributed by atoms with Crippen molar-refractivity contribution in [3.05, 3.63) is 11.8 Å². The van der Waals surface area contributed by atoms with Gasteiger partial charge in [-0.1, -0.05) is 116 Å². The zero-order valence-corrected chi connectivity index (χ0v) is 23.3. The molecule has 2 saturated carbocycles. The van der Waals surface area contributed by atoms with E-state index in [1.165, 1.54) is 57.4 Å². The van der Waals surface area contributed by atoms with E-state index in [0.29, 0.717) is 0 Å². The Labute approximate surface area is 225 Å². The van der Waals surface area contributed by atoms with E-state index in [1.807, 2.05) is 0 Å². The lowest BCUT2D eigenvalue weighted by Gasteiger charge is -2.53. The molecule has 37 heavy (non-hydrogen) atoms. The molecule has 0 spiro atoms. The van der Waals surface area contributed by atoms with Gasteiger partial charge in [0.25, 0.3) is 0 Å². The predicted molar refractivity (Wildman–Crippen MR) is 143 cm³/mol. The number of rotatable bonds is 4. The van der Waals surface area contributed by atoms with Crippen molar-refractivity contribution in [1.29, 1.82) is 0 Å². The van der Waals surface area contributed by atoms with Crippen molar-refractivity contribution in [3.8, 4) is 0 Å². The van der Waals surface area contributed by atoms with E-state index in [0.717, 1.165) is 89.9 Å². The van der Waals surface area contributed by atoms with Crippen molar-refractivity contribution < 1.29 is 24.9 Å². The molecule has 0 heterocycles. The van der Waals surface area contributed by atoms with Crippen molar-refractivity contribution in [2.24, 2.45) is 22.7 Å². The highest BCUT2D eigenvalue weighted by molar-refractivity contribution is 5.80. The summed E-state index contributed by atoms with van der Waals surface area (Å²) >= 11 is 0. The number of hydrogen-bond donors (Lipinski definition) is 1. The summed E-state index contributed by atoms with van der Waals surface area (Å²) in [5, 5.41) is 37.1. The summed E-state index contributed by atoms with van der Waals surface area (Å²) in [7, 11) is 0. The fourth-order valence-electron chi connectivity index (χ4n) is 7.86. The van der Waals surface area contributed by atoms with Crippen LogP contribution in [0.15, 0.2) is 11.8 Å². The number of aliphatic carboxylic acids is 2. The Morgan fingerprint density at radius 2 is 0.946 bits per heavy atom. The highest BCUT2D eigenvalue weighted by Crippen LogP contribution is 2.56. The fourth-order valence-corrected chi connectivity index (χ4v) is 7.86. The lowest BCUT2D eigenvalue weighted by molar-refractivity contribution is -0.332. The molecule has 1 N–H and O–H groups in total. The van der Waals surface area contributed by atoms with Crippen LogP contribution in [0.2, 0.25) is 0 Å². The van der Waals surface area contributed by atoms with Gasteiger partial charge in [0.1, 0.15) is 0 Å². The summed E-state index contributed by atoms with van der Waals surface area (Å²) in [5.41, 5.74) is -2.80. The average Bonchev–Trinajstić information content (AvgIpc) is 2.84. The maximum Gasteiger partial charge on any atom is 0.0901 e. The first-order chi connectivity index (χ1) is 17.9. The standard InChI is InChI=1S/C32H54O5/c33-28-23-31(29(34)35,26-19-15-11-7-3-1-4-8-12-16-20-26)25-32(24-28,30(36)37)27-21-17-13-9-5-2-6-10-14-18-22-27/h23,26-27,33H,1-22,24-25H2,(H,34,35)(H,36,37)/p-2. The third kappa shape index (κ3) is 8.23. The van der Waals surface area contributed by atoms with Crippen LogP contribution >= 0.6 is 0 Å². The summed E-state index contributed by atoms with van der Waals surface area (Å²) in [6.07, 6.45) is 24.7. The summed E-state index contributed by atoms with van der Waals surface area (Å²) < 4.78 is 0. The highest BCUT2D eigenvalue weighted by Gasteiger charge is 2.52. The van der Waals surface area contributed by atoms with Gasteiger partial charge in [-0.2, -0.15) is 0 Å². The lowest BCUT2D eigenvalue weighted by Crippen LogP contribution is -2.58. The van der Waals surface area contributed by atoms with Crippen molar-refractivity contribution in [3.63, 3.8) is 0 Å². The van der Waals surface area contributed by atoms with Gasteiger partial charge in [-0.3, -0.25) is 0 Å². The van der Waals surface area contributed by atoms with E-state index in [2.05, 4.69) is 0 Å². The smallest absolute Gasteiger partial charge is 0.0901 e. The Bertz CT molecular complexity index is 721. The molecule has 212 valence electrons. The monoisotopic (exact) mass is 516 g/mol. The quantitative estimate of drug-likeness (QED) is 0.457. The Kier molecular flexibility index (Phi) is 12.3. The number of carboxylic acids is 2. The molecular formula is C32H52O5-2. The molecule has 3 aliphatic carbocycles. The third-order valence-corrected chi connectivity index (χ3v) is 10.0. The normalized spacial score (nSPS) is 31.5. The molecule has 0 radical (unpaired) electrons. The van der Waals surface area contributed by atoms with Gasteiger partial charge in [-0.05, 0) is 50.0 Å². The summed E-state index contributed by atoms with van der Waals surface area (Å²) in [4.78, 5) is 26.0. The minimum atomic E-state index is -1.45. The maximum atomic E-state index is 13.0. The van der Waals surface area contributed by atoms with Crippen LogP contribution in [-0.4, -0.2) is 17.0 Å². The first-order valence-corrected chi connectivity index (χ1v) is 15.7. The fraction of sp³-hybridized carbons (Fsp3) is 0.875. The molecule has 5 nitrogen and oxygen atoms in total. The molecule has 5 heteroatoms. The van der Waals surface area contributed by atoms with E-state index < -0.39 is 22.8 Å². The van der Waals surface area contributed by atoms with Crippen LogP contribution in [0, 0.1) is 22.7 Å². The van der Waals surface area contributed by atoms with Crippen molar-refractivity contribution in [2.75, 3.05) is 0 Å². The molecular weight excluding hydrogens is 464 g/mol. The minimum absolute atomic E-state index is 0.00403. The first kappa shape index (κ1) is 30.0. The Morgan fingerprint density at radius 1 is 0.595 bits per heavy atom. The number of carboxylic acid groups (broad SMARTS) is 2. The molecule has 3 aliphatic rings. The number of aliphatic hydroxyl groups is 1. The molecule has 0 bridgehead atoms. The SMILES string of the molecule is O=C([O-])C1(C2CCCCCCCCCCC2)C=C(O)CC(C(=O)[O-])(C2CCCCCCCCCCC2)C1. The number of aliphatic hydroxyl groups excluding tert-OH is 1. The van der Waals surface area contributed by atoms with Crippen molar-refractivity contribution >= 4 is 11.9 Å². The van der Waals surface area contributed by atoms with E-state index in [9.17, 15) is 24.9 Å². The topological polar surface area (TPSA) is 100 Å². The van der Waals surface area contributed by atoms with Gasteiger partial charge in [0.05, 0.1) is 11.7 Å². The number of hydrogen-bond acceptors (Lipinski definition) is 5. The second-order valence-electron chi connectivity index (χ2n) is 12.7. The molecule has 0 saturated heterocycles. The molecule has 0 aromatic carbocycles. The Morgan fingerprint density at radius 3 is 1.30 bits per heavy atom. The number of allylic oxidation sites excluding steroid dienone is 1. The van der Waals surface area contributed by atoms with E-state index in [-0.39, 0.29) is 30.4 Å².